The predicted molar refractivity (Wildman–Crippen MR) is 77.9 cm³/mol. The summed E-state index contributed by atoms with van der Waals surface area (Å²) in [6, 6.07) is 0.00758. The summed E-state index contributed by atoms with van der Waals surface area (Å²) in [5.74, 6) is -0.789. The maximum atomic E-state index is 12.3. The second-order valence-electron chi connectivity index (χ2n) is 4.96. The minimum Gasteiger partial charge on any atom is -0.476 e. The Morgan fingerprint density at radius 2 is 2.33 bits per heavy atom. The molecular weight excluding hydrogens is 292 g/mol. The van der Waals surface area contributed by atoms with Crippen molar-refractivity contribution in [2.45, 2.75) is 31.8 Å². The van der Waals surface area contributed by atoms with Gasteiger partial charge in [-0.2, -0.15) is 0 Å². The molecule has 2 N–H and O–H groups in total. The third kappa shape index (κ3) is 2.80. The first-order chi connectivity index (χ1) is 10.1. The third-order valence-corrected chi connectivity index (χ3v) is 4.30. The topological polar surface area (TPSA) is 97.1 Å². The van der Waals surface area contributed by atoms with Crippen molar-refractivity contribution in [1.82, 2.24) is 14.5 Å². The smallest absolute Gasteiger partial charge is 0.355 e. The monoisotopic (exact) mass is 306 g/mol. The summed E-state index contributed by atoms with van der Waals surface area (Å²) in [5.41, 5.74) is -0.137. The van der Waals surface area contributed by atoms with Gasteiger partial charge in [0.15, 0.2) is 11.5 Å². The summed E-state index contributed by atoms with van der Waals surface area (Å²) < 4.78 is 1.69. The number of anilines is 1. The summed E-state index contributed by atoms with van der Waals surface area (Å²) in [7, 11) is 0. The number of hydrogen-bond acceptors (Lipinski definition) is 6. The van der Waals surface area contributed by atoms with Crippen LogP contribution < -0.4 is 10.9 Å². The Morgan fingerprint density at radius 1 is 1.57 bits per heavy atom. The van der Waals surface area contributed by atoms with Gasteiger partial charge < -0.3 is 15.0 Å². The molecule has 1 atom stereocenters. The molecule has 0 saturated heterocycles. The number of carboxylic acids is 1. The van der Waals surface area contributed by atoms with Crippen LogP contribution in [-0.4, -0.2) is 25.6 Å². The molecule has 1 unspecified atom stereocenters. The van der Waals surface area contributed by atoms with Crippen LogP contribution in [0.5, 0.6) is 0 Å². The van der Waals surface area contributed by atoms with Crippen LogP contribution in [0, 0.1) is 0 Å². The highest BCUT2D eigenvalue weighted by atomic mass is 32.1. The van der Waals surface area contributed by atoms with Crippen molar-refractivity contribution >= 4 is 23.1 Å². The first kappa shape index (κ1) is 13.7. The lowest BCUT2D eigenvalue weighted by Crippen LogP contribution is -2.24. The number of aromatic nitrogens is 3. The number of carbonyl (C=O) groups is 1. The van der Waals surface area contributed by atoms with Gasteiger partial charge in [-0.25, -0.2) is 14.8 Å². The first-order valence-corrected chi connectivity index (χ1v) is 7.46. The molecule has 0 radical (unpaired) electrons. The van der Waals surface area contributed by atoms with Crippen molar-refractivity contribution in [1.29, 1.82) is 0 Å². The zero-order chi connectivity index (χ0) is 15.0. The second-order valence-corrected chi connectivity index (χ2v) is 5.85. The largest absolute Gasteiger partial charge is 0.476 e. The van der Waals surface area contributed by atoms with E-state index in [0.717, 1.165) is 12.8 Å². The molecule has 1 aliphatic rings. The molecule has 1 fully saturated rings. The molecular formula is C13H14N4O3S. The van der Waals surface area contributed by atoms with Crippen LogP contribution in [0.4, 0.5) is 5.82 Å². The average Bonchev–Trinajstić information content (AvgIpc) is 3.16. The van der Waals surface area contributed by atoms with Crippen molar-refractivity contribution in [2.24, 2.45) is 0 Å². The molecule has 8 heteroatoms. The van der Waals surface area contributed by atoms with Gasteiger partial charge in [-0.3, -0.25) is 4.79 Å². The number of aromatic carboxylic acids is 1. The van der Waals surface area contributed by atoms with Crippen molar-refractivity contribution in [3.8, 4) is 0 Å². The molecule has 0 spiro atoms. The zero-order valence-electron chi connectivity index (χ0n) is 11.3. The predicted octanol–water partition coefficient (Wildman–Crippen LogP) is 1.91. The number of nitrogens with one attached hydrogen (secondary N) is 1. The van der Waals surface area contributed by atoms with Crippen molar-refractivity contribution < 1.29 is 9.90 Å². The van der Waals surface area contributed by atoms with E-state index in [2.05, 4.69) is 15.3 Å². The van der Waals surface area contributed by atoms with E-state index in [9.17, 15) is 9.59 Å². The van der Waals surface area contributed by atoms with Crippen LogP contribution >= 0.6 is 11.3 Å². The molecule has 0 bridgehead atoms. The molecule has 2 aromatic heterocycles. The molecule has 7 nitrogen and oxygen atoms in total. The van der Waals surface area contributed by atoms with Crippen molar-refractivity contribution in [3.05, 3.63) is 38.8 Å². The first-order valence-electron chi connectivity index (χ1n) is 6.58. The number of thiazole rings is 1. The fraction of sp³-hybridized carbons (Fsp3) is 0.385. The summed E-state index contributed by atoms with van der Waals surface area (Å²) >= 11 is 1.24. The lowest BCUT2D eigenvalue weighted by atomic mass is 10.3. The van der Waals surface area contributed by atoms with Crippen LogP contribution in [0.3, 0.4) is 0 Å². The molecule has 2 aromatic rings. The fourth-order valence-electron chi connectivity index (χ4n) is 2.02. The molecule has 1 saturated carbocycles. The summed E-state index contributed by atoms with van der Waals surface area (Å²) in [5, 5.41) is 14.0. The van der Waals surface area contributed by atoms with E-state index in [-0.39, 0.29) is 29.2 Å². The number of carboxylic acid groups (broad SMARTS) is 1. The van der Waals surface area contributed by atoms with Gasteiger partial charge in [-0.15, -0.1) is 11.3 Å². The maximum absolute atomic E-state index is 12.3. The highest BCUT2D eigenvalue weighted by Gasteiger charge is 2.25. The van der Waals surface area contributed by atoms with Gasteiger partial charge in [0.2, 0.25) is 0 Å². The van der Waals surface area contributed by atoms with Gasteiger partial charge in [-0.05, 0) is 19.8 Å². The molecule has 0 aliphatic heterocycles. The van der Waals surface area contributed by atoms with Gasteiger partial charge >= 0.3 is 5.97 Å². The fourth-order valence-corrected chi connectivity index (χ4v) is 2.82. The highest BCUT2D eigenvalue weighted by molar-refractivity contribution is 7.09. The lowest BCUT2D eigenvalue weighted by Gasteiger charge is -2.12. The zero-order valence-corrected chi connectivity index (χ0v) is 12.1. The molecule has 0 aromatic carbocycles. The van der Waals surface area contributed by atoms with Crippen LogP contribution in [0.25, 0.3) is 0 Å². The Bertz CT molecular complexity index is 735. The van der Waals surface area contributed by atoms with E-state index in [4.69, 9.17) is 5.11 Å². The summed E-state index contributed by atoms with van der Waals surface area (Å²) in [6.07, 6.45) is 5.34. The number of rotatable bonds is 5. The average molecular weight is 306 g/mol. The van der Waals surface area contributed by atoms with Crippen LogP contribution in [0.15, 0.2) is 22.6 Å². The van der Waals surface area contributed by atoms with Crippen LogP contribution in [-0.2, 0) is 0 Å². The number of nitrogens with zero attached hydrogens (tertiary/aromatic N) is 3. The van der Waals surface area contributed by atoms with Gasteiger partial charge in [0.1, 0.15) is 5.01 Å². The Morgan fingerprint density at radius 3 is 2.95 bits per heavy atom. The van der Waals surface area contributed by atoms with Crippen LogP contribution in [0.2, 0.25) is 0 Å². The highest BCUT2D eigenvalue weighted by Crippen LogP contribution is 2.33. The van der Waals surface area contributed by atoms with Gasteiger partial charge in [-0.1, -0.05) is 0 Å². The van der Waals surface area contributed by atoms with Gasteiger partial charge in [0.05, 0.1) is 6.04 Å². The minimum absolute atomic E-state index is 0.0139. The maximum Gasteiger partial charge on any atom is 0.355 e. The summed E-state index contributed by atoms with van der Waals surface area (Å²) in [4.78, 5) is 31.2. The minimum atomic E-state index is -1.06. The Labute approximate surface area is 124 Å². The Balaban J connectivity index is 1.80. The van der Waals surface area contributed by atoms with Crippen molar-refractivity contribution in [3.63, 3.8) is 0 Å². The quantitative estimate of drug-likeness (QED) is 0.875. The Hall–Kier alpha value is -2.22. The van der Waals surface area contributed by atoms with E-state index in [1.807, 2.05) is 6.92 Å². The molecule has 3 rings (SSSR count). The second kappa shape index (κ2) is 5.28. The van der Waals surface area contributed by atoms with E-state index in [1.54, 1.807) is 17.0 Å². The van der Waals surface area contributed by atoms with E-state index >= 15 is 0 Å². The van der Waals surface area contributed by atoms with Gasteiger partial charge in [0, 0.05) is 23.8 Å². The molecule has 21 heavy (non-hydrogen) atoms. The molecule has 2 heterocycles. The van der Waals surface area contributed by atoms with E-state index in [1.165, 1.54) is 16.7 Å². The van der Waals surface area contributed by atoms with Crippen molar-refractivity contribution in [2.75, 3.05) is 5.32 Å². The summed E-state index contributed by atoms with van der Waals surface area (Å²) in [6.45, 7) is 1.82. The normalized spacial score (nSPS) is 15.7. The van der Waals surface area contributed by atoms with E-state index < -0.39 is 5.97 Å². The lowest BCUT2D eigenvalue weighted by molar-refractivity contribution is 0.0691. The standard InChI is InChI=1S/C13H14N4O3S/c1-7(11-16-9(6-21-11)13(19)20)15-10-12(18)17(5-4-14-10)8-2-3-8/h4-8H,2-3H2,1H3,(H,14,15)(H,19,20). The number of hydrogen-bond donors (Lipinski definition) is 2. The molecule has 0 amide bonds. The van der Waals surface area contributed by atoms with Crippen LogP contribution in [0.1, 0.15) is 47.3 Å². The van der Waals surface area contributed by atoms with E-state index in [0.29, 0.717) is 5.01 Å². The SMILES string of the molecule is CC(Nc1nccn(C2CC2)c1=O)c1nc(C(=O)O)cs1. The molecule has 1 aliphatic carbocycles. The van der Waals surface area contributed by atoms with Gasteiger partial charge in [0.25, 0.3) is 5.56 Å². The Kier molecular flexibility index (Phi) is 3.46. The molecule has 110 valence electrons. The third-order valence-electron chi connectivity index (χ3n) is 3.27.